The van der Waals surface area contributed by atoms with Crippen LogP contribution in [0.15, 0.2) is 91.8 Å². The van der Waals surface area contributed by atoms with Gasteiger partial charge in [-0.05, 0) is 66.3 Å². The van der Waals surface area contributed by atoms with E-state index in [1.54, 1.807) is 18.6 Å². The summed E-state index contributed by atoms with van der Waals surface area (Å²) < 4.78 is 0. The lowest BCUT2D eigenvalue weighted by Gasteiger charge is -2.29. The molecule has 0 bridgehead atoms. The Labute approximate surface area is 205 Å². The van der Waals surface area contributed by atoms with E-state index in [0.29, 0.717) is 5.82 Å². The number of nitrogens with one attached hydrogen (secondary N) is 1. The average molecular weight is 465 g/mol. The van der Waals surface area contributed by atoms with Crippen molar-refractivity contribution in [1.82, 2.24) is 24.8 Å². The third-order valence-corrected chi connectivity index (χ3v) is 6.43. The molecule has 35 heavy (non-hydrogen) atoms. The van der Waals surface area contributed by atoms with Gasteiger partial charge in [0.2, 0.25) is 0 Å². The molecule has 7 nitrogen and oxygen atoms in total. The van der Waals surface area contributed by atoms with Gasteiger partial charge in [0.15, 0.2) is 0 Å². The number of urea groups is 1. The zero-order chi connectivity index (χ0) is 23.9. The van der Waals surface area contributed by atoms with E-state index in [1.165, 1.54) is 6.42 Å². The Hall–Kier alpha value is -4.13. The first-order valence-corrected chi connectivity index (χ1v) is 12.0. The lowest BCUT2D eigenvalue weighted by atomic mass is 9.76. The molecule has 0 aromatic carbocycles. The number of anilines is 1. The standard InChI is InChI=1S/C28H28N6O/c35-28(34-16-2-1-3-17-34)33-25-12-4-11-24(32-25)27(23-10-7-15-31-20-23)26(21-8-5-13-29-18-21)22-9-6-14-30-19-22/h4-15,18-20,26-27H,1-3,16-17H2,(H,32,33,35). The maximum Gasteiger partial charge on any atom is 0.323 e. The number of aromatic nitrogens is 4. The van der Waals surface area contributed by atoms with Crippen molar-refractivity contribution in [3.8, 4) is 0 Å². The molecule has 176 valence electrons. The van der Waals surface area contributed by atoms with Crippen LogP contribution < -0.4 is 5.32 Å². The first-order chi connectivity index (χ1) is 17.3. The van der Waals surface area contributed by atoms with E-state index >= 15 is 0 Å². The first-order valence-electron chi connectivity index (χ1n) is 12.0. The van der Waals surface area contributed by atoms with Gasteiger partial charge in [-0.2, -0.15) is 0 Å². The Bertz CT molecular complexity index is 1190. The predicted molar refractivity (Wildman–Crippen MR) is 135 cm³/mol. The molecule has 1 unspecified atom stereocenters. The highest BCUT2D eigenvalue weighted by Crippen LogP contribution is 2.41. The van der Waals surface area contributed by atoms with Crippen LogP contribution in [0.1, 0.15) is 53.5 Å². The summed E-state index contributed by atoms with van der Waals surface area (Å²) in [6.45, 7) is 1.57. The second-order valence-electron chi connectivity index (χ2n) is 8.74. The smallest absolute Gasteiger partial charge is 0.323 e. The molecule has 1 aliphatic heterocycles. The van der Waals surface area contributed by atoms with Gasteiger partial charge < -0.3 is 4.90 Å². The largest absolute Gasteiger partial charge is 0.325 e. The molecule has 1 N–H and O–H groups in total. The van der Waals surface area contributed by atoms with Crippen molar-refractivity contribution >= 4 is 11.8 Å². The highest BCUT2D eigenvalue weighted by molar-refractivity contribution is 5.88. The number of amides is 2. The van der Waals surface area contributed by atoms with Gasteiger partial charge >= 0.3 is 6.03 Å². The van der Waals surface area contributed by atoms with E-state index < -0.39 is 0 Å². The van der Waals surface area contributed by atoms with Crippen LogP contribution in [0.2, 0.25) is 0 Å². The summed E-state index contributed by atoms with van der Waals surface area (Å²) in [5.41, 5.74) is 3.97. The van der Waals surface area contributed by atoms with E-state index in [9.17, 15) is 4.79 Å². The van der Waals surface area contributed by atoms with Crippen molar-refractivity contribution in [2.24, 2.45) is 0 Å². The zero-order valence-electron chi connectivity index (χ0n) is 19.5. The molecule has 2 amide bonds. The fraction of sp³-hybridized carbons (Fsp3) is 0.250. The summed E-state index contributed by atoms with van der Waals surface area (Å²) in [5, 5.41) is 3.01. The van der Waals surface area contributed by atoms with Gasteiger partial charge in [0.25, 0.3) is 0 Å². The summed E-state index contributed by atoms with van der Waals surface area (Å²) in [7, 11) is 0. The molecule has 5 rings (SSSR count). The fourth-order valence-corrected chi connectivity index (χ4v) is 4.77. The summed E-state index contributed by atoms with van der Waals surface area (Å²) in [6, 6.07) is 17.8. The molecule has 1 fully saturated rings. The summed E-state index contributed by atoms with van der Waals surface area (Å²) in [5.74, 6) is 0.286. The van der Waals surface area contributed by atoms with E-state index in [-0.39, 0.29) is 17.9 Å². The Morgan fingerprint density at radius 3 is 1.83 bits per heavy atom. The third-order valence-electron chi connectivity index (χ3n) is 6.43. The molecule has 1 aliphatic rings. The lowest BCUT2D eigenvalue weighted by molar-refractivity contribution is 0.200. The number of likely N-dealkylation sites (tertiary alicyclic amines) is 1. The topological polar surface area (TPSA) is 83.9 Å². The molecule has 4 aromatic rings. The lowest BCUT2D eigenvalue weighted by Crippen LogP contribution is -2.38. The Balaban J connectivity index is 1.56. The van der Waals surface area contributed by atoms with E-state index in [2.05, 4.69) is 38.5 Å². The normalized spacial score (nSPS) is 14.5. The molecule has 0 spiro atoms. The van der Waals surface area contributed by atoms with E-state index in [1.807, 2.05) is 59.9 Å². The average Bonchev–Trinajstić information content (AvgIpc) is 2.93. The summed E-state index contributed by atoms with van der Waals surface area (Å²) in [4.78, 5) is 32.8. The van der Waals surface area contributed by atoms with Crippen LogP contribution in [0.25, 0.3) is 0 Å². The molecule has 1 saturated heterocycles. The molecule has 5 heterocycles. The predicted octanol–water partition coefficient (Wildman–Crippen LogP) is 5.25. The number of nitrogens with zero attached hydrogens (tertiary/aromatic N) is 5. The van der Waals surface area contributed by atoms with Crippen molar-refractivity contribution in [1.29, 1.82) is 0 Å². The van der Waals surface area contributed by atoms with Gasteiger partial charge in [0.1, 0.15) is 5.82 Å². The maximum atomic E-state index is 12.8. The van der Waals surface area contributed by atoms with Crippen molar-refractivity contribution in [2.45, 2.75) is 31.1 Å². The van der Waals surface area contributed by atoms with Crippen LogP contribution in [-0.4, -0.2) is 44.0 Å². The number of rotatable bonds is 6. The van der Waals surface area contributed by atoms with E-state index in [4.69, 9.17) is 4.98 Å². The second kappa shape index (κ2) is 10.9. The fourth-order valence-electron chi connectivity index (χ4n) is 4.77. The minimum atomic E-state index is -0.163. The third kappa shape index (κ3) is 5.35. The van der Waals surface area contributed by atoms with Crippen LogP contribution in [0.3, 0.4) is 0 Å². The van der Waals surface area contributed by atoms with Gasteiger partial charge in [0.05, 0.1) is 5.69 Å². The van der Waals surface area contributed by atoms with Crippen molar-refractivity contribution in [2.75, 3.05) is 18.4 Å². The Morgan fingerprint density at radius 2 is 1.29 bits per heavy atom. The van der Waals surface area contributed by atoms with Crippen molar-refractivity contribution in [3.63, 3.8) is 0 Å². The first kappa shape index (κ1) is 22.7. The minimum absolute atomic E-state index is 0.0941. The molecule has 4 aromatic heterocycles. The van der Waals surface area contributed by atoms with Gasteiger partial charge in [-0.3, -0.25) is 20.3 Å². The Kier molecular flexibility index (Phi) is 7.03. The van der Waals surface area contributed by atoms with Crippen LogP contribution in [-0.2, 0) is 0 Å². The molecule has 0 saturated carbocycles. The molecule has 0 aliphatic carbocycles. The maximum absolute atomic E-state index is 12.8. The number of hydrogen-bond acceptors (Lipinski definition) is 5. The molecule has 0 radical (unpaired) electrons. The second-order valence-corrected chi connectivity index (χ2v) is 8.74. The summed E-state index contributed by atoms with van der Waals surface area (Å²) in [6.07, 6.45) is 14.2. The van der Waals surface area contributed by atoms with Gasteiger partial charge in [-0.25, -0.2) is 9.78 Å². The molecule has 7 heteroatoms. The number of carbonyl (C=O) groups excluding carboxylic acids is 1. The van der Waals surface area contributed by atoms with Crippen LogP contribution >= 0.6 is 0 Å². The monoisotopic (exact) mass is 464 g/mol. The highest BCUT2D eigenvalue weighted by Gasteiger charge is 2.30. The van der Waals surface area contributed by atoms with Gasteiger partial charge in [-0.1, -0.05) is 24.3 Å². The SMILES string of the molecule is O=C(Nc1cccc(C(c2cccnc2)C(c2cccnc2)c2cccnc2)n1)N1CCCCC1. The quantitative estimate of drug-likeness (QED) is 0.421. The van der Waals surface area contributed by atoms with Crippen LogP contribution in [0.4, 0.5) is 10.6 Å². The van der Waals surface area contributed by atoms with Crippen LogP contribution in [0.5, 0.6) is 0 Å². The van der Waals surface area contributed by atoms with Crippen molar-refractivity contribution < 1.29 is 4.79 Å². The zero-order valence-corrected chi connectivity index (χ0v) is 19.5. The van der Waals surface area contributed by atoms with Crippen molar-refractivity contribution in [3.05, 3.63) is 114 Å². The van der Waals surface area contributed by atoms with Crippen LogP contribution in [0, 0.1) is 0 Å². The number of pyridine rings is 4. The number of hydrogen-bond donors (Lipinski definition) is 1. The molecule has 1 atom stereocenters. The Morgan fingerprint density at radius 1 is 0.714 bits per heavy atom. The minimum Gasteiger partial charge on any atom is -0.325 e. The number of piperidine rings is 1. The van der Waals surface area contributed by atoms with E-state index in [0.717, 1.165) is 48.3 Å². The number of carbonyl (C=O) groups is 1. The van der Waals surface area contributed by atoms with Gasteiger partial charge in [-0.15, -0.1) is 0 Å². The highest BCUT2D eigenvalue weighted by atomic mass is 16.2. The molecular weight excluding hydrogens is 436 g/mol. The van der Waals surface area contributed by atoms with Gasteiger partial charge in [0, 0.05) is 62.1 Å². The summed E-state index contributed by atoms with van der Waals surface area (Å²) >= 11 is 0. The molecular formula is C28H28N6O.